The van der Waals surface area contributed by atoms with Crippen molar-refractivity contribution in [2.24, 2.45) is 0 Å². The van der Waals surface area contributed by atoms with Crippen LogP contribution in [0.2, 0.25) is 0 Å². The van der Waals surface area contributed by atoms with Gasteiger partial charge in [0.2, 0.25) is 0 Å². The van der Waals surface area contributed by atoms with E-state index in [9.17, 15) is 5.11 Å². The monoisotopic (exact) mass is 259 g/mol. The summed E-state index contributed by atoms with van der Waals surface area (Å²) in [4.78, 5) is 0. The van der Waals surface area contributed by atoms with Crippen LogP contribution in [0, 0.1) is 0 Å². The first-order chi connectivity index (χ1) is 8.43. The van der Waals surface area contributed by atoms with Gasteiger partial charge < -0.3 is 15.2 Å². The molecule has 0 heterocycles. The van der Waals surface area contributed by atoms with Gasteiger partial charge in [-0.15, -0.1) is 0 Å². The van der Waals surface area contributed by atoms with Crippen molar-refractivity contribution in [1.29, 1.82) is 0 Å². The van der Waals surface area contributed by atoms with Gasteiger partial charge in [-0.1, -0.05) is 46.5 Å². The van der Waals surface area contributed by atoms with E-state index in [1.165, 1.54) is 25.7 Å². The summed E-state index contributed by atoms with van der Waals surface area (Å²) < 4.78 is 5.86. The van der Waals surface area contributed by atoms with Crippen LogP contribution in [0.3, 0.4) is 0 Å². The third-order valence-corrected chi connectivity index (χ3v) is 3.14. The van der Waals surface area contributed by atoms with Gasteiger partial charge in [0.15, 0.2) is 0 Å². The predicted octanol–water partition coefficient (Wildman–Crippen LogP) is 3.11. The SMILES string of the molecule is CCCCCCC(C)OCC(C)(CO)NC(C)C. The van der Waals surface area contributed by atoms with Crippen molar-refractivity contribution in [2.75, 3.05) is 13.2 Å². The third kappa shape index (κ3) is 8.90. The number of rotatable bonds is 11. The quantitative estimate of drug-likeness (QED) is 0.560. The smallest absolute Gasteiger partial charge is 0.0671 e. The fraction of sp³-hybridized carbons (Fsp3) is 1.00. The molecule has 0 aliphatic carbocycles. The van der Waals surface area contributed by atoms with Crippen molar-refractivity contribution >= 4 is 0 Å². The molecule has 2 atom stereocenters. The van der Waals surface area contributed by atoms with Gasteiger partial charge in [0, 0.05) is 6.04 Å². The molecule has 0 amide bonds. The minimum absolute atomic E-state index is 0.105. The first-order valence-corrected chi connectivity index (χ1v) is 7.43. The molecule has 0 aromatic rings. The van der Waals surface area contributed by atoms with Crippen molar-refractivity contribution in [3.63, 3.8) is 0 Å². The molecule has 0 fully saturated rings. The van der Waals surface area contributed by atoms with Crippen molar-refractivity contribution < 1.29 is 9.84 Å². The number of unbranched alkanes of at least 4 members (excludes halogenated alkanes) is 3. The van der Waals surface area contributed by atoms with Crippen LogP contribution in [-0.2, 0) is 4.74 Å². The predicted molar refractivity (Wildman–Crippen MR) is 77.9 cm³/mol. The Labute approximate surface area is 113 Å². The molecule has 0 saturated heterocycles. The van der Waals surface area contributed by atoms with E-state index in [1.807, 2.05) is 6.92 Å². The minimum Gasteiger partial charge on any atom is -0.394 e. The Balaban J connectivity index is 3.82. The zero-order valence-corrected chi connectivity index (χ0v) is 13.0. The molecule has 0 radical (unpaired) electrons. The van der Waals surface area contributed by atoms with E-state index in [0.717, 1.165) is 6.42 Å². The van der Waals surface area contributed by atoms with Crippen molar-refractivity contribution in [2.45, 2.75) is 84.4 Å². The third-order valence-electron chi connectivity index (χ3n) is 3.14. The molecule has 0 aromatic heterocycles. The van der Waals surface area contributed by atoms with Crippen molar-refractivity contribution in [3.8, 4) is 0 Å². The summed E-state index contributed by atoms with van der Waals surface area (Å²) >= 11 is 0. The van der Waals surface area contributed by atoms with Crippen LogP contribution in [0.1, 0.15) is 66.7 Å². The Morgan fingerprint density at radius 3 is 2.33 bits per heavy atom. The Morgan fingerprint density at radius 1 is 1.17 bits per heavy atom. The zero-order chi connectivity index (χ0) is 14.0. The molecule has 2 unspecified atom stereocenters. The normalized spacial score (nSPS) is 16.8. The molecule has 0 aliphatic rings. The maximum Gasteiger partial charge on any atom is 0.0671 e. The van der Waals surface area contributed by atoms with Gasteiger partial charge in [-0.2, -0.15) is 0 Å². The number of hydrogen-bond acceptors (Lipinski definition) is 3. The second kappa shape index (κ2) is 9.76. The van der Waals surface area contributed by atoms with Gasteiger partial charge in [-0.05, 0) is 20.3 Å². The molecule has 0 rings (SSSR count). The number of aliphatic hydroxyl groups excluding tert-OH is 1. The topological polar surface area (TPSA) is 41.5 Å². The van der Waals surface area contributed by atoms with Crippen LogP contribution in [0.25, 0.3) is 0 Å². The molecule has 3 heteroatoms. The van der Waals surface area contributed by atoms with Crippen LogP contribution < -0.4 is 5.32 Å². The summed E-state index contributed by atoms with van der Waals surface area (Å²) in [7, 11) is 0. The maximum atomic E-state index is 9.45. The molecular weight excluding hydrogens is 226 g/mol. The summed E-state index contributed by atoms with van der Waals surface area (Å²) in [5.74, 6) is 0. The standard InChI is InChI=1S/C15H33NO2/c1-6-7-8-9-10-14(4)18-12-15(5,11-17)16-13(2)3/h13-14,16-17H,6-12H2,1-5H3. The molecule has 2 N–H and O–H groups in total. The van der Waals surface area contributed by atoms with Crippen molar-refractivity contribution in [3.05, 3.63) is 0 Å². The largest absolute Gasteiger partial charge is 0.394 e. The average molecular weight is 259 g/mol. The molecule has 0 aromatic carbocycles. The van der Waals surface area contributed by atoms with E-state index in [2.05, 4.69) is 33.0 Å². The lowest BCUT2D eigenvalue weighted by atomic mass is 10.0. The van der Waals surface area contributed by atoms with Gasteiger partial charge in [-0.3, -0.25) is 0 Å². The van der Waals surface area contributed by atoms with Gasteiger partial charge in [-0.25, -0.2) is 0 Å². The molecule has 3 nitrogen and oxygen atoms in total. The highest BCUT2D eigenvalue weighted by molar-refractivity contribution is 4.84. The lowest BCUT2D eigenvalue weighted by Crippen LogP contribution is -2.52. The zero-order valence-electron chi connectivity index (χ0n) is 13.0. The summed E-state index contributed by atoms with van der Waals surface area (Å²) in [6, 6.07) is 0.352. The summed E-state index contributed by atoms with van der Waals surface area (Å²) in [6.45, 7) is 11.2. The Kier molecular flexibility index (Phi) is 9.70. The van der Waals surface area contributed by atoms with Gasteiger partial charge in [0.05, 0.1) is 24.9 Å². The van der Waals surface area contributed by atoms with Gasteiger partial charge in [0.1, 0.15) is 0 Å². The minimum atomic E-state index is -0.328. The molecular formula is C15H33NO2. The second-order valence-corrected chi connectivity index (χ2v) is 5.99. The van der Waals surface area contributed by atoms with Crippen LogP contribution in [0.4, 0.5) is 0 Å². The maximum absolute atomic E-state index is 9.45. The van der Waals surface area contributed by atoms with Crippen molar-refractivity contribution in [1.82, 2.24) is 5.32 Å². The molecule has 0 bridgehead atoms. The van der Waals surface area contributed by atoms with E-state index < -0.39 is 0 Å². The van der Waals surface area contributed by atoms with Gasteiger partial charge >= 0.3 is 0 Å². The lowest BCUT2D eigenvalue weighted by molar-refractivity contribution is -0.00259. The Hall–Kier alpha value is -0.120. The number of ether oxygens (including phenoxy) is 1. The number of hydrogen-bond donors (Lipinski definition) is 2. The fourth-order valence-corrected chi connectivity index (χ4v) is 2.10. The van der Waals surface area contributed by atoms with E-state index in [1.54, 1.807) is 0 Å². The van der Waals surface area contributed by atoms with Crippen LogP contribution in [-0.4, -0.2) is 36.0 Å². The van der Waals surface area contributed by atoms with E-state index >= 15 is 0 Å². The highest BCUT2D eigenvalue weighted by Gasteiger charge is 2.24. The molecule has 110 valence electrons. The average Bonchev–Trinajstić information content (AvgIpc) is 2.31. The first kappa shape index (κ1) is 17.9. The van der Waals surface area contributed by atoms with Gasteiger partial charge in [0.25, 0.3) is 0 Å². The van der Waals surface area contributed by atoms with E-state index in [4.69, 9.17) is 4.74 Å². The Morgan fingerprint density at radius 2 is 1.83 bits per heavy atom. The van der Waals surface area contributed by atoms with Crippen LogP contribution in [0.5, 0.6) is 0 Å². The Bertz CT molecular complexity index is 197. The highest BCUT2D eigenvalue weighted by Crippen LogP contribution is 2.11. The summed E-state index contributed by atoms with van der Waals surface area (Å²) in [6.07, 6.45) is 6.52. The number of aliphatic hydroxyl groups is 1. The lowest BCUT2D eigenvalue weighted by Gasteiger charge is -2.32. The molecule has 0 aliphatic heterocycles. The summed E-state index contributed by atoms with van der Waals surface area (Å²) in [5, 5.41) is 12.8. The molecule has 0 saturated carbocycles. The van der Waals surface area contributed by atoms with E-state index in [0.29, 0.717) is 12.6 Å². The fourth-order valence-electron chi connectivity index (χ4n) is 2.10. The van der Waals surface area contributed by atoms with Crippen LogP contribution in [0.15, 0.2) is 0 Å². The summed E-state index contributed by atoms with van der Waals surface area (Å²) in [5.41, 5.74) is -0.328. The van der Waals surface area contributed by atoms with E-state index in [-0.39, 0.29) is 18.2 Å². The molecule has 0 spiro atoms. The molecule has 18 heavy (non-hydrogen) atoms. The highest BCUT2D eigenvalue weighted by atomic mass is 16.5. The van der Waals surface area contributed by atoms with Crippen LogP contribution >= 0.6 is 0 Å². The first-order valence-electron chi connectivity index (χ1n) is 7.43. The second-order valence-electron chi connectivity index (χ2n) is 5.99. The number of nitrogens with one attached hydrogen (secondary N) is 1.